The molecule has 0 unspecified atom stereocenters. The number of amides is 1. The average molecular weight is 403 g/mol. The van der Waals surface area contributed by atoms with Crippen LogP contribution >= 0.6 is 0 Å². The van der Waals surface area contributed by atoms with E-state index in [1.54, 1.807) is 36.4 Å². The first kappa shape index (κ1) is 20.2. The van der Waals surface area contributed by atoms with E-state index < -0.39 is 15.9 Å². The summed E-state index contributed by atoms with van der Waals surface area (Å²) in [6.45, 7) is 2.40. The molecule has 1 fully saturated rings. The first-order valence-corrected chi connectivity index (χ1v) is 10.5. The monoisotopic (exact) mass is 403 g/mol. The standard InChI is InChI=1S/C20H22FN3O3S/c1-15-4-10-19(11-5-15)28(26,27)24-12-2-3-17(14-24)20(25)23-22-13-16-6-8-18(21)9-7-16/h4-11,13,17H,2-3,12,14H2,1H3,(H,23,25)/b22-13-/t17-/m0/s1. The van der Waals surface area contributed by atoms with Gasteiger partial charge in [-0.2, -0.15) is 9.41 Å². The van der Waals surface area contributed by atoms with Crippen LogP contribution in [-0.4, -0.2) is 37.9 Å². The lowest BCUT2D eigenvalue weighted by Crippen LogP contribution is -2.44. The van der Waals surface area contributed by atoms with Crippen molar-refractivity contribution < 1.29 is 17.6 Å². The number of carbonyl (C=O) groups is 1. The summed E-state index contributed by atoms with van der Waals surface area (Å²) in [5.41, 5.74) is 4.08. The number of piperidine rings is 1. The molecular weight excluding hydrogens is 381 g/mol. The second-order valence-corrected chi connectivity index (χ2v) is 8.74. The number of carbonyl (C=O) groups excluding carboxylic acids is 1. The molecule has 3 rings (SSSR count). The largest absolute Gasteiger partial charge is 0.273 e. The van der Waals surface area contributed by atoms with E-state index in [1.165, 1.54) is 22.7 Å². The minimum atomic E-state index is -3.63. The highest BCUT2D eigenvalue weighted by Gasteiger charge is 2.33. The van der Waals surface area contributed by atoms with Gasteiger partial charge in [-0.15, -0.1) is 0 Å². The highest BCUT2D eigenvalue weighted by Crippen LogP contribution is 2.24. The van der Waals surface area contributed by atoms with Crippen LogP contribution in [0.5, 0.6) is 0 Å². The van der Waals surface area contributed by atoms with E-state index >= 15 is 0 Å². The Morgan fingerprint density at radius 2 is 1.86 bits per heavy atom. The number of sulfonamides is 1. The van der Waals surface area contributed by atoms with Crippen LogP contribution in [0, 0.1) is 18.7 Å². The maximum atomic E-state index is 12.9. The molecule has 0 aromatic heterocycles. The van der Waals surface area contributed by atoms with E-state index in [2.05, 4.69) is 10.5 Å². The molecular formula is C20H22FN3O3S. The van der Waals surface area contributed by atoms with Crippen molar-refractivity contribution in [2.24, 2.45) is 11.0 Å². The van der Waals surface area contributed by atoms with Gasteiger partial charge in [0, 0.05) is 13.1 Å². The van der Waals surface area contributed by atoms with Crippen molar-refractivity contribution in [2.45, 2.75) is 24.7 Å². The Labute approximate surface area is 164 Å². The van der Waals surface area contributed by atoms with Gasteiger partial charge in [0.25, 0.3) is 0 Å². The highest BCUT2D eigenvalue weighted by molar-refractivity contribution is 7.89. The van der Waals surface area contributed by atoms with Gasteiger partial charge >= 0.3 is 0 Å². The molecule has 1 atom stereocenters. The summed E-state index contributed by atoms with van der Waals surface area (Å²) in [6, 6.07) is 12.4. The Morgan fingerprint density at radius 3 is 2.54 bits per heavy atom. The second-order valence-electron chi connectivity index (χ2n) is 6.80. The van der Waals surface area contributed by atoms with Gasteiger partial charge in [-0.25, -0.2) is 18.2 Å². The summed E-state index contributed by atoms with van der Waals surface area (Å²) < 4.78 is 39.9. The minimum absolute atomic E-state index is 0.119. The zero-order valence-corrected chi connectivity index (χ0v) is 16.3. The van der Waals surface area contributed by atoms with Gasteiger partial charge in [-0.05, 0) is 49.6 Å². The number of rotatable bonds is 5. The molecule has 0 bridgehead atoms. The fraction of sp³-hybridized carbons (Fsp3) is 0.300. The van der Waals surface area contributed by atoms with Crippen LogP contribution in [-0.2, 0) is 14.8 Å². The molecule has 1 N–H and O–H groups in total. The lowest BCUT2D eigenvalue weighted by Gasteiger charge is -2.30. The summed E-state index contributed by atoms with van der Waals surface area (Å²) >= 11 is 0. The van der Waals surface area contributed by atoms with Crippen LogP contribution in [0.1, 0.15) is 24.0 Å². The van der Waals surface area contributed by atoms with Crippen LogP contribution in [0.3, 0.4) is 0 Å². The molecule has 8 heteroatoms. The number of nitrogens with one attached hydrogen (secondary N) is 1. The Hall–Kier alpha value is -2.58. The molecule has 1 saturated heterocycles. The van der Waals surface area contributed by atoms with Crippen LogP contribution in [0.2, 0.25) is 0 Å². The number of hydrazone groups is 1. The van der Waals surface area contributed by atoms with Gasteiger partial charge in [0.1, 0.15) is 5.82 Å². The van der Waals surface area contributed by atoms with E-state index in [1.807, 2.05) is 6.92 Å². The Bertz CT molecular complexity index is 957. The number of benzene rings is 2. The predicted octanol–water partition coefficient (Wildman–Crippen LogP) is 2.69. The van der Waals surface area contributed by atoms with Crippen molar-refractivity contribution in [1.82, 2.24) is 9.73 Å². The molecule has 2 aromatic carbocycles. The second kappa shape index (κ2) is 8.62. The Kier molecular flexibility index (Phi) is 6.21. The van der Waals surface area contributed by atoms with Gasteiger partial charge in [-0.3, -0.25) is 4.79 Å². The molecule has 1 aliphatic heterocycles. The summed E-state index contributed by atoms with van der Waals surface area (Å²) in [7, 11) is -3.63. The fourth-order valence-corrected chi connectivity index (χ4v) is 4.57. The molecule has 28 heavy (non-hydrogen) atoms. The maximum absolute atomic E-state index is 12.9. The molecule has 2 aromatic rings. The normalized spacial score (nSPS) is 18.3. The van der Waals surface area contributed by atoms with E-state index in [4.69, 9.17) is 0 Å². The molecule has 0 radical (unpaired) electrons. The molecule has 0 saturated carbocycles. The summed E-state index contributed by atoms with van der Waals surface area (Å²) in [5.74, 6) is -1.15. The molecule has 1 heterocycles. The van der Waals surface area contributed by atoms with Gasteiger partial charge in [0.2, 0.25) is 15.9 Å². The predicted molar refractivity (Wildman–Crippen MR) is 105 cm³/mol. The first-order valence-electron chi connectivity index (χ1n) is 9.01. The summed E-state index contributed by atoms with van der Waals surface area (Å²) in [5, 5.41) is 3.89. The third-order valence-electron chi connectivity index (χ3n) is 4.67. The maximum Gasteiger partial charge on any atom is 0.244 e. The quantitative estimate of drug-likeness (QED) is 0.616. The molecule has 6 nitrogen and oxygen atoms in total. The fourth-order valence-electron chi connectivity index (χ4n) is 3.04. The van der Waals surface area contributed by atoms with E-state index in [9.17, 15) is 17.6 Å². The third-order valence-corrected chi connectivity index (χ3v) is 6.55. The number of hydrogen-bond donors (Lipinski definition) is 1. The van der Waals surface area contributed by atoms with Crippen molar-refractivity contribution in [1.29, 1.82) is 0 Å². The van der Waals surface area contributed by atoms with Gasteiger partial charge < -0.3 is 0 Å². The van der Waals surface area contributed by atoms with Crippen molar-refractivity contribution in [3.8, 4) is 0 Å². The third kappa shape index (κ3) is 4.82. The van der Waals surface area contributed by atoms with Crippen molar-refractivity contribution >= 4 is 22.1 Å². The molecule has 1 aliphatic rings. The van der Waals surface area contributed by atoms with Crippen LogP contribution in [0.25, 0.3) is 0 Å². The van der Waals surface area contributed by atoms with Crippen LogP contribution in [0.4, 0.5) is 4.39 Å². The number of halogens is 1. The van der Waals surface area contributed by atoms with E-state index in [0.29, 0.717) is 24.9 Å². The SMILES string of the molecule is Cc1ccc(S(=O)(=O)N2CCC[C@H](C(=O)N/N=C\c3ccc(F)cc3)C2)cc1. The topological polar surface area (TPSA) is 78.8 Å². The molecule has 0 spiro atoms. The average Bonchev–Trinajstić information content (AvgIpc) is 2.70. The van der Waals surface area contributed by atoms with Crippen molar-refractivity contribution in [3.63, 3.8) is 0 Å². The van der Waals surface area contributed by atoms with Gasteiger partial charge in [-0.1, -0.05) is 29.8 Å². The van der Waals surface area contributed by atoms with E-state index in [0.717, 1.165) is 5.56 Å². The molecule has 0 aliphatic carbocycles. The number of hydrogen-bond acceptors (Lipinski definition) is 4. The first-order chi connectivity index (χ1) is 13.4. The van der Waals surface area contributed by atoms with Crippen molar-refractivity contribution in [3.05, 3.63) is 65.5 Å². The Morgan fingerprint density at radius 1 is 1.18 bits per heavy atom. The summed E-state index contributed by atoms with van der Waals surface area (Å²) in [6.07, 6.45) is 2.61. The van der Waals surface area contributed by atoms with Crippen molar-refractivity contribution in [2.75, 3.05) is 13.1 Å². The zero-order valence-electron chi connectivity index (χ0n) is 15.5. The summed E-state index contributed by atoms with van der Waals surface area (Å²) in [4.78, 5) is 12.6. The van der Waals surface area contributed by atoms with E-state index in [-0.39, 0.29) is 23.2 Å². The van der Waals surface area contributed by atoms with Gasteiger partial charge in [0.15, 0.2) is 0 Å². The smallest absolute Gasteiger partial charge is 0.244 e. The number of aryl methyl sites for hydroxylation is 1. The number of nitrogens with zero attached hydrogens (tertiary/aromatic N) is 2. The zero-order chi connectivity index (χ0) is 20.1. The lowest BCUT2D eigenvalue weighted by atomic mass is 9.99. The molecule has 1 amide bonds. The van der Waals surface area contributed by atoms with Crippen LogP contribution < -0.4 is 5.43 Å². The van der Waals surface area contributed by atoms with Gasteiger partial charge in [0.05, 0.1) is 17.0 Å². The Balaban J connectivity index is 1.63. The highest BCUT2D eigenvalue weighted by atomic mass is 32.2. The minimum Gasteiger partial charge on any atom is -0.273 e. The lowest BCUT2D eigenvalue weighted by molar-refractivity contribution is -0.126. The van der Waals surface area contributed by atoms with Crippen LogP contribution in [0.15, 0.2) is 58.5 Å². The molecule has 148 valence electrons.